The maximum absolute atomic E-state index is 13.5. The molecule has 4 aromatic rings. The van der Waals surface area contributed by atoms with Gasteiger partial charge in [-0.05, 0) is 41.7 Å². The summed E-state index contributed by atoms with van der Waals surface area (Å²) in [4.78, 5) is 26.1. The minimum absolute atomic E-state index is 0.0266. The first-order chi connectivity index (χ1) is 16.1. The molecule has 162 valence electrons. The molecule has 0 saturated carbocycles. The van der Waals surface area contributed by atoms with E-state index in [1.807, 2.05) is 48.5 Å². The minimum atomic E-state index is -0.462. The van der Waals surface area contributed by atoms with E-state index in [1.165, 1.54) is 7.11 Å². The van der Waals surface area contributed by atoms with Gasteiger partial charge in [0.2, 0.25) is 0 Å². The van der Waals surface area contributed by atoms with Gasteiger partial charge >= 0.3 is 5.97 Å². The van der Waals surface area contributed by atoms with Crippen LogP contribution in [-0.2, 0) is 17.7 Å². The fraction of sp³-hybridized carbons (Fsp3) is 0.179. The van der Waals surface area contributed by atoms with Crippen LogP contribution in [0, 0.1) is 11.3 Å². The van der Waals surface area contributed by atoms with Crippen LogP contribution in [0.1, 0.15) is 55.4 Å². The van der Waals surface area contributed by atoms with E-state index in [4.69, 9.17) is 4.74 Å². The Hall–Kier alpha value is -4.17. The summed E-state index contributed by atoms with van der Waals surface area (Å²) in [6.45, 7) is 0.439. The molecule has 5 rings (SSSR count). The molecule has 0 aliphatic heterocycles. The highest BCUT2D eigenvalue weighted by Gasteiger charge is 2.34. The van der Waals surface area contributed by atoms with Crippen LogP contribution >= 0.6 is 0 Å². The molecule has 1 aliphatic rings. The van der Waals surface area contributed by atoms with E-state index in [-0.39, 0.29) is 11.7 Å². The molecule has 0 N–H and O–H groups in total. The molecule has 1 aromatic heterocycles. The number of carbonyl (C=O) groups is 2. The van der Waals surface area contributed by atoms with Gasteiger partial charge in [-0.3, -0.25) is 4.79 Å². The highest BCUT2D eigenvalue weighted by atomic mass is 16.5. The highest BCUT2D eigenvalue weighted by molar-refractivity contribution is 6.16. The predicted molar refractivity (Wildman–Crippen MR) is 125 cm³/mol. The van der Waals surface area contributed by atoms with Crippen LogP contribution in [0.15, 0.2) is 72.8 Å². The molecule has 0 radical (unpaired) electrons. The van der Waals surface area contributed by atoms with Crippen molar-refractivity contribution in [2.75, 3.05) is 7.11 Å². The maximum atomic E-state index is 13.5. The number of ether oxygens (including phenoxy) is 1. The number of aromatic nitrogens is 1. The van der Waals surface area contributed by atoms with Crippen LogP contribution in [0.3, 0.4) is 0 Å². The number of methoxy groups -OCH3 is 1. The van der Waals surface area contributed by atoms with Gasteiger partial charge in [-0.25, -0.2) is 4.79 Å². The largest absolute Gasteiger partial charge is 0.465 e. The molecular formula is C28H22N2O3. The van der Waals surface area contributed by atoms with Gasteiger partial charge in [0, 0.05) is 29.6 Å². The minimum Gasteiger partial charge on any atom is -0.465 e. The van der Waals surface area contributed by atoms with Gasteiger partial charge in [0.1, 0.15) is 0 Å². The van der Waals surface area contributed by atoms with E-state index >= 15 is 0 Å². The third-order valence-corrected chi connectivity index (χ3v) is 6.49. The van der Waals surface area contributed by atoms with Gasteiger partial charge in [-0.1, -0.05) is 54.6 Å². The zero-order chi connectivity index (χ0) is 22.9. The second-order valence-electron chi connectivity index (χ2n) is 8.31. The number of hydrogen-bond acceptors (Lipinski definition) is 4. The van der Waals surface area contributed by atoms with Crippen LogP contribution in [0.25, 0.3) is 10.9 Å². The standard InChI is InChI=1S/C28H22N2O3/c1-33-28(32)22-12-7-13-23-26(22)27-24(30(23)17-20-11-6-5-10-19(20)16-29)14-21(15-25(27)31)18-8-3-2-4-9-18/h2-13,21H,14-15,17H2,1H3. The Morgan fingerprint density at radius 3 is 2.55 bits per heavy atom. The topological polar surface area (TPSA) is 72.1 Å². The molecule has 0 saturated heterocycles. The predicted octanol–water partition coefficient (Wildman–Crippen LogP) is 5.26. The van der Waals surface area contributed by atoms with E-state index in [0.29, 0.717) is 41.5 Å². The fourth-order valence-corrected chi connectivity index (χ4v) is 4.96. The molecule has 0 bridgehead atoms. The summed E-state index contributed by atoms with van der Waals surface area (Å²) in [5.41, 5.74) is 5.30. The van der Waals surface area contributed by atoms with Gasteiger partial charge < -0.3 is 9.30 Å². The van der Waals surface area contributed by atoms with Gasteiger partial charge in [0.15, 0.2) is 5.78 Å². The summed E-state index contributed by atoms with van der Waals surface area (Å²) in [6, 6.07) is 25.3. The van der Waals surface area contributed by atoms with Crippen molar-refractivity contribution in [3.63, 3.8) is 0 Å². The van der Waals surface area contributed by atoms with Gasteiger partial charge in [-0.2, -0.15) is 5.26 Å². The van der Waals surface area contributed by atoms with E-state index in [0.717, 1.165) is 22.3 Å². The molecule has 33 heavy (non-hydrogen) atoms. The van der Waals surface area contributed by atoms with Crippen LogP contribution in [0.4, 0.5) is 0 Å². The summed E-state index contributed by atoms with van der Waals surface area (Å²) in [6.07, 6.45) is 1.06. The van der Waals surface area contributed by atoms with Crippen LogP contribution in [0.2, 0.25) is 0 Å². The molecule has 0 spiro atoms. The molecule has 0 fully saturated rings. The number of esters is 1. The number of nitrogens with zero attached hydrogens (tertiary/aromatic N) is 2. The van der Waals surface area contributed by atoms with E-state index in [9.17, 15) is 14.9 Å². The van der Waals surface area contributed by atoms with E-state index in [2.05, 4.69) is 22.8 Å². The lowest BCUT2D eigenvalue weighted by Crippen LogP contribution is -2.21. The Labute approximate surface area is 191 Å². The third-order valence-electron chi connectivity index (χ3n) is 6.49. The molecular weight excluding hydrogens is 412 g/mol. The Balaban J connectivity index is 1.75. The van der Waals surface area contributed by atoms with Crippen molar-refractivity contribution >= 4 is 22.7 Å². The summed E-state index contributed by atoms with van der Waals surface area (Å²) >= 11 is 0. The van der Waals surface area contributed by atoms with Crippen molar-refractivity contribution in [3.05, 3.63) is 106 Å². The Morgan fingerprint density at radius 1 is 1.03 bits per heavy atom. The zero-order valence-corrected chi connectivity index (χ0v) is 18.2. The smallest absolute Gasteiger partial charge is 0.338 e. The average molecular weight is 434 g/mol. The van der Waals surface area contributed by atoms with Crippen molar-refractivity contribution in [1.82, 2.24) is 4.57 Å². The van der Waals surface area contributed by atoms with Crippen molar-refractivity contribution in [2.45, 2.75) is 25.3 Å². The van der Waals surface area contributed by atoms with Gasteiger partial charge in [0.25, 0.3) is 0 Å². The number of hydrogen-bond donors (Lipinski definition) is 0. The number of rotatable bonds is 4. The Bertz CT molecular complexity index is 1430. The SMILES string of the molecule is COC(=O)c1cccc2c1c1c(n2Cc2ccccc2C#N)CC(c2ccccc2)CC1=O. The number of ketones is 1. The lowest BCUT2D eigenvalue weighted by Gasteiger charge is -2.24. The number of fused-ring (bicyclic) bond motifs is 3. The molecule has 1 heterocycles. The lowest BCUT2D eigenvalue weighted by molar-refractivity contribution is 0.0603. The quantitative estimate of drug-likeness (QED) is 0.411. The first kappa shape index (κ1) is 20.7. The maximum Gasteiger partial charge on any atom is 0.338 e. The van der Waals surface area contributed by atoms with Crippen molar-refractivity contribution in [1.29, 1.82) is 5.26 Å². The second-order valence-corrected chi connectivity index (χ2v) is 8.31. The lowest BCUT2D eigenvalue weighted by atomic mass is 9.81. The molecule has 1 unspecified atom stereocenters. The van der Waals surface area contributed by atoms with Gasteiger partial charge in [0.05, 0.1) is 29.8 Å². The molecule has 1 aliphatic carbocycles. The van der Waals surface area contributed by atoms with Crippen molar-refractivity contribution in [2.24, 2.45) is 0 Å². The van der Waals surface area contributed by atoms with Crippen LogP contribution in [-0.4, -0.2) is 23.4 Å². The van der Waals surface area contributed by atoms with Crippen LogP contribution < -0.4 is 0 Å². The first-order valence-electron chi connectivity index (χ1n) is 10.9. The van der Waals surface area contributed by atoms with Crippen molar-refractivity contribution in [3.8, 4) is 6.07 Å². The van der Waals surface area contributed by atoms with Crippen LogP contribution in [0.5, 0.6) is 0 Å². The third kappa shape index (κ3) is 3.50. The molecule has 5 nitrogen and oxygen atoms in total. The average Bonchev–Trinajstić information content (AvgIpc) is 3.18. The summed E-state index contributed by atoms with van der Waals surface area (Å²) in [5, 5.41) is 10.2. The van der Waals surface area contributed by atoms with Crippen molar-refractivity contribution < 1.29 is 14.3 Å². The van der Waals surface area contributed by atoms with E-state index < -0.39 is 5.97 Å². The summed E-state index contributed by atoms with van der Waals surface area (Å²) in [7, 11) is 1.35. The fourth-order valence-electron chi connectivity index (χ4n) is 4.96. The zero-order valence-electron chi connectivity index (χ0n) is 18.2. The molecule has 1 atom stereocenters. The monoisotopic (exact) mass is 434 g/mol. The number of Topliss-reactive ketones (excluding diaryl/α,β-unsaturated/α-hetero) is 1. The first-order valence-corrected chi connectivity index (χ1v) is 10.9. The molecule has 5 heteroatoms. The summed E-state index contributed by atoms with van der Waals surface area (Å²) in [5.74, 6) is -0.378. The molecule has 3 aromatic carbocycles. The van der Waals surface area contributed by atoms with E-state index in [1.54, 1.807) is 12.1 Å². The number of nitriles is 1. The number of carbonyl (C=O) groups excluding carboxylic acids is 2. The highest BCUT2D eigenvalue weighted by Crippen LogP contribution is 2.40. The Morgan fingerprint density at radius 2 is 1.79 bits per heavy atom. The normalized spacial score (nSPS) is 15.2. The van der Waals surface area contributed by atoms with Gasteiger partial charge in [-0.15, -0.1) is 0 Å². The Kier molecular flexibility index (Phi) is 5.27. The summed E-state index contributed by atoms with van der Waals surface area (Å²) < 4.78 is 7.12. The number of benzene rings is 3. The second kappa shape index (κ2) is 8.40. The molecule has 0 amide bonds.